The predicted octanol–water partition coefficient (Wildman–Crippen LogP) is 5.19. The molecule has 0 saturated heterocycles. The van der Waals surface area contributed by atoms with Crippen LogP contribution in [-0.2, 0) is 0 Å². The molecule has 0 aromatic heterocycles. The van der Waals surface area contributed by atoms with E-state index < -0.39 is 0 Å². The van der Waals surface area contributed by atoms with Crippen molar-refractivity contribution in [3.8, 4) is 0 Å². The highest BCUT2D eigenvalue weighted by Gasteiger charge is 2.11. The molecule has 0 aliphatic carbocycles. The Hall–Kier alpha value is -0.770. The lowest BCUT2D eigenvalue weighted by Gasteiger charge is -2.16. The van der Waals surface area contributed by atoms with E-state index in [1.807, 2.05) is 18.8 Å². The summed E-state index contributed by atoms with van der Waals surface area (Å²) in [5.74, 6) is 0. The van der Waals surface area contributed by atoms with E-state index in [1.165, 1.54) is 20.9 Å². The molecule has 1 unspecified atom stereocenters. The van der Waals surface area contributed by atoms with Gasteiger partial charge in [-0.25, -0.2) is 0 Å². The molecule has 0 fully saturated rings. The first-order chi connectivity index (χ1) is 9.11. The molecule has 0 aliphatic rings. The minimum Gasteiger partial charge on any atom is -0.313 e. The standard InChI is InChI=1S/C16H18BrNS/c1-11-6-4-5-7-15(11)19-16-10-13(17)8-9-14(16)12(2)18-3/h4-10,12,18H,1-3H3. The molecule has 0 aliphatic heterocycles. The molecular formula is C16H18BrNS. The molecule has 1 nitrogen and oxygen atoms in total. The van der Waals surface area contributed by atoms with Gasteiger partial charge in [-0.05, 0) is 50.2 Å². The third kappa shape index (κ3) is 3.62. The first-order valence-corrected chi connectivity index (χ1v) is 7.93. The van der Waals surface area contributed by atoms with Crippen molar-refractivity contribution in [1.82, 2.24) is 5.32 Å². The van der Waals surface area contributed by atoms with Crippen LogP contribution < -0.4 is 5.32 Å². The number of aryl methyl sites for hydroxylation is 1. The Morgan fingerprint density at radius 3 is 2.53 bits per heavy atom. The molecule has 3 heteroatoms. The van der Waals surface area contributed by atoms with Crippen molar-refractivity contribution in [2.45, 2.75) is 29.7 Å². The van der Waals surface area contributed by atoms with Crippen LogP contribution in [-0.4, -0.2) is 7.05 Å². The van der Waals surface area contributed by atoms with E-state index >= 15 is 0 Å². The highest BCUT2D eigenvalue weighted by molar-refractivity contribution is 9.10. The Morgan fingerprint density at radius 2 is 1.84 bits per heavy atom. The third-order valence-corrected chi connectivity index (χ3v) is 4.93. The molecule has 0 spiro atoms. The van der Waals surface area contributed by atoms with E-state index in [0.717, 1.165) is 4.47 Å². The molecule has 0 saturated carbocycles. The summed E-state index contributed by atoms with van der Waals surface area (Å²) >= 11 is 5.39. The molecule has 19 heavy (non-hydrogen) atoms. The van der Waals surface area contributed by atoms with Crippen LogP contribution in [0.25, 0.3) is 0 Å². The molecule has 2 aromatic rings. The fourth-order valence-electron chi connectivity index (χ4n) is 1.90. The highest BCUT2D eigenvalue weighted by Crippen LogP contribution is 2.36. The minimum atomic E-state index is 0.347. The van der Waals surface area contributed by atoms with E-state index in [2.05, 4.69) is 77.6 Å². The van der Waals surface area contributed by atoms with Crippen molar-refractivity contribution < 1.29 is 0 Å². The van der Waals surface area contributed by atoms with E-state index in [4.69, 9.17) is 0 Å². The minimum absolute atomic E-state index is 0.347. The van der Waals surface area contributed by atoms with Crippen LogP contribution in [0.5, 0.6) is 0 Å². The summed E-state index contributed by atoms with van der Waals surface area (Å²) in [7, 11) is 1.99. The first-order valence-electron chi connectivity index (χ1n) is 6.32. The van der Waals surface area contributed by atoms with Gasteiger partial charge in [0.1, 0.15) is 0 Å². The number of rotatable bonds is 4. The molecule has 0 bridgehead atoms. The van der Waals surface area contributed by atoms with Gasteiger partial charge < -0.3 is 5.32 Å². The van der Waals surface area contributed by atoms with E-state index in [9.17, 15) is 0 Å². The maximum Gasteiger partial charge on any atom is 0.0300 e. The summed E-state index contributed by atoms with van der Waals surface area (Å²) in [4.78, 5) is 2.61. The van der Waals surface area contributed by atoms with Gasteiger partial charge in [-0.2, -0.15) is 0 Å². The Kier molecular flexibility index (Phi) is 5.08. The average Bonchev–Trinajstić information content (AvgIpc) is 2.41. The van der Waals surface area contributed by atoms with Crippen molar-refractivity contribution in [3.63, 3.8) is 0 Å². The summed E-state index contributed by atoms with van der Waals surface area (Å²) in [6.07, 6.45) is 0. The topological polar surface area (TPSA) is 12.0 Å². The summed E-state index contributed by atoms with van der Waals surface area (Å²) in [6.45, 7) is 4.34. The lowest BCUT2D eigenvalue weighted by atomic mass is 10.1. The van der Waals surface area contributed by atoms with Gasteiger partial charge >= 0.3 is 0 Å². The van der Waals surface area contributed by atoms with Crippen LogP contribution >= 0.6 is 27.7 Å². The second kappa shape index (κ2) is 6.60. The quantitative estimate of drug-likeness (QED) is 0.825. The maximum atomic E-state index is 3.57. The van der Waals surface area contributed by atoms with Crippen molar-refractivity contribution in [3.05, 3.63) is 58.1 Å². The molecule has 1 N–H and O–H groups in total. The predicted molar refractivity (Wildman–Crippen MR) is 86.9 cm³/mol. The lowest BCUT2D eigenvalue weighted by Crippen LogP contribution is -2.13. The van der Waals surface area contributed by atoms with Gasteiger partial charge in [-0.1, -0.05) is 52.0 Å². The maximum absolute atomic E-state index is 3.57. The van der Waals surface area contributed by atoms with Gasteiger partial charge in [0.15, 0.2) is 0 Å². The average molecular weight is 336 g/mol. The van der Waals surface area contributed by atoms with E-state index in [1.54, 1.807) is 0 Å². The summed E-state index contributed by atoms with van der Waals surface area (Å²) < 4.78 is 1.12. The third-order valence-electron chi connectivity index (χ3n) is 3.19. The Balaban J connectivity index is 2.38. The summed E-state index contributed by atoms with van der Waals surface area (Å²) in [6, 6.07) is 15.3. The van der Waals surface area contributed by atoms with Crippen molar-refractivity contribution in [2.24, 2.45) is 0 Å². The van der Waals surface area contributed by atoms with Gasteiger partial charge in [-0.15, -0.1) is 0 Å². The normalized spacial score (nSPS) is 12.4. The molecule has 2 aromatic carbocycles. The Labute approximate surface area is 127 Å². The smallest absolute Gasteiger partial charge is 0.0300 e. The fourth-order valence-corrected chi connectivity index (χ4v) is 3.57. The van der Waals surface area contributed by atoms with Crippen LogP contribution in [0.1, 0.15) is 24.1 Å². The van der Waals surface area contributed by atoms with E-state index in [-0.39, 0.29) is 0 Å². The van der Waals surface area contributed by atoms with Gasteiger partial charge in [-0.3, -0.25) is 0 Å². The largest absolute Gasteiger partial charge is 0.313 e. The van der Waals surface area contributed by atoms with Gasteiger partial charge in [0.05, 0.1) is 0 Å². The zero-order valence-corrected chi connectivity index (χ0v) is 13.8. The van der Waals surface area contributed by atoms with Crippen LogP contribution in [0.3, 0.4) is 0 Å². The van der Waals surface area contributed by atoms with Gasteiger partial charge in [0.25, 0.3) is 0 Å². The fraction of sp³-hybridized carbons (Fsp3) is 0.250. The summed E-state index contributed by atoms with van der Waals surface area (Å²) in [5, 5.41) is 3.31. The van der Waals surface area contributed by atoms with Crippen molar-refractivity contribution in [2.75, 3.05) is 7.05 Å². The number of hydrogen-bond donors (Lipinski definition) is 1. The molecule has 0 heterocycles. The molecule has 2 rings (SSSR count). The van der Waals surface area contributed by atoms with E-state index in [0.29, 0.717) is 6.04 Å². The van der Waals surface area contributed by atoms with Crippen LogP contribution in [0.2, 0.25) is 0 Å². The zero-order valence-electron chi connectivity index (χ0n) is 11.4. The van der Waals surface area contributed by atoms with Crippen LogP contribution in [0.4, 0.5) is 0 Å². The Bertz CT molecular complexity index is 568. The lowest BCUT2D eigenvalue weighted by molar-refractivity contribution is 0.641. The SMILES string of the molecule is CNC(C)c1ccc(Br)cc1Sc1ccccc1C. The highest BCUT2D eigenvalue weighted by atomic mass is 79.9. The number of nitrogens with one attached hydrogen (secondary N) is 1. The zero-order chi connectivity index (χ0) is 13.8. The van der Waals surface area contributed by atoms with Gasteiger partial charge in [0, 0.05) is 20.3 Å². The molecule has 100 valence electrons. The van der Waals surface area contributed by atoms with Crippen LogP contribution in [0.15, 0.2) is 56.7 Å². The molecular weight excluding hydrogens is 318 g/mol. The van der Waals surface area contributed by atoms with Gasteiger partial charge in [0.2, 0.25) is 0 Å². The van der Waals surface area contributed by atoms with Crippen LogP contribution in [0, 0.1) is 6.92 Å². The first kappa shape index (κ1) is 14.6. The number of hydrogen-bond acceptors (Lipinski definition) is 2. The monoisotopic (exact) mass is 335 g/mol. The second-order valence-electron chi connectivity index (χ2n) is 4.56. The van der Waals surface area contributed by atoms with Crippen molar-refractivity contribution in [1.29, 1.82) is 0 Å². The molecule has 0 amide bonds. The summed E-state index contributed by atoms with van der Waals surface area (Å²) in [5.41, 5.74) is 2.65. The Morgan fingerprint density at radius 1 is 1.11 bits per heavy atom. The number of benzene rings is 2. The molecule has 1 atom stereocenters. The van der Waals surface area contributed by atoms with Crippen molar-refractivity contribution >= 4 is 27.7 Å². The number of halogens is 1. The molecule has 0 radical (unpaired) electrons. The second-order valence-corrected chi connectivity index (χ2v) is 6.56.